The molecular formula is C27H31NO5. The summed E-state index contributed by atoms with van der Waals surface area (Å²) >= 11 is 0. The number of carbonyl (C=O) groups excluding carboxylic acids is 2. The maximum absolute atomic E-state index is 13.2. The molecule has 0 spiro atoms. The molecule has 2 saturated heterocycles. The number of ketones is 1. The highest BCUT2D eigenvalue weighted by Crippen LogP contribution is 2.40. The van der Waals surface area contributed by atoms with Crippen LogP contribution >= 0.6 is 0 Å². The van der Waals surface area contributed by atoms with Crippen molar-refractivity contribution in [1.82, 2.24) is 4.90 Å². The fourth-order valence-electron chi connectivity index (χ4n) is 4.52. The first-order valence-electron chi connectivity index (χ1n) is 11.6. The molecule has 1 N–H and O–H groups in total. The molecule has 0 aliphatic carbocycles. The van der Waals surface area contributed by atoms with Crippen LogP contribution in [0.25, 0.3) is 5.76 Å². The molecular weight excluding hydrogens is 418 g/mol. The number of likely N-dealkylation sites (tertiary alicyclic amines) is 1. The maximum Gasteiger partial charge on any atom is 0.295 e. The molecule has 0 radical (unpaired) electrons. The summed E-state index contributed by atoms with van der Waals surface area (Å²) in [5.74, 6) is -0.410. The fourth-order valence-corrected chi connectivity index (χ4v) is 4.52. The van der Waals surface area contributed by atoms with Crippen LogP contribution in [0.2, 0.25) is 0 Å². The van der Waals surface area contributed by atoms with E-state index in [9.17, 15) is 14.7 Å². The third kappa shape index (κ3) is 4.67. The third-order valence-electron chi connectivity index (χ3n) is 6.32. The van der Waals surface area contributed by atoms with Crippen molar-refractivity contribution in [3.63, 3.8) is 0 Å². The van der Waals surface area contributed by atoms with Gasteiger partial charge in [0.25, 0.3) is 11.7 Å². The molecule has 2 aromatic rings. The van der Waals surface area contributed by atoms with Gasteiger partial charge in [-0.1, -0.05) is 38.1 Å². The maximum atomic E-state index is 13.2. The van der Waals surface area contributed by atoms with Crippen LogP contribution in [-0.4, -0.2) is 47.6 Å². The Morgan fingerprint density at radius 2 is 1.82 bits per heavy atom. The Bertz CT molecular complexity index is 1030. The number of aliphatic hydroxyl groups is 1. The Morgan fingerprint density at radius 3 is 2.39 bits per heavy atom. The molecule has 6 nitrogen and oxygen atoms in total. The van der Waals surface area contributed by atoms with Crippen LogP contribution < -0.4 is 4.74 Å². The van der Waals surface area contributed by atoms with Gasteiger partial charge < -0.3 is 19.5 Å². The molecule has 2 heterocycles. The quantitative estimate of drug-likeness (QED) is 0.373. The van der Waals surface area contributed by atoms with Crippen LogP contribution in [0.1, 0.15) is 62.3 Å². The summed E-state index contributed by atoms with van der Waals surface area (Å²) in [5, 5.41) is 11.2. The van der Waals surface area contributed by atoms with Gasteiger partial charge in [0.2, 0.25) is 0 Å². The van der Waals surface area contributed by atoms with E-state index in [0.717, 1.165) is 18.4 Å². The zero-order valence-electron chi connectivity index (χ0n) is 19.4. The third-order valence-corrected chi connectivity index (χ3v) is 6.32. The van der Waals surface area contributed by atoms with Gasteiger partial charge in [-0.15, -0.1) is 0 Å². The van der Waals surface area contributed by atoms with Crippen molar-refractivity contribution in [2.45, 2.75) is 51.7 Å². The summed E-state index contributed by atoms with van der Waals surface area (Å²) in [7, 11) is 0. The van der Waals surface area contributed by atoms with Crippen molar-refractivity contribution in [2.24, 2.45) is 0 Å². The molecule has 174 valence electrons. The van der Waals surface area contributed by atoms with Crippen molar-refractivity contribution in [1.29, 1.82) is 0 Å². The van der Waals surface area contributed by atoms with Crippen LogP contribution in [0.5, 0.6) is 5.75 Å². The molecule has 33 heavy (non-hydrogen) atoms. The Hall–Kier alpha value is -3.12. The minimum atomic E-state index is -0.669. The number of Topliss-reactive ketones (excluding diaryl/α,β-unsaturated/α-hetero) is 1. The number of aliphatic hydroxyl groups excluding tert-OH is 1. The fraction of sp³-hybridized carbons (Fsp3) is 0.407. The topological polar surface area (TPSA) is 76.1 Å². The van der Waals surface area contributed by atoms with Crippen molar-refractivity contribution < 1.29 is 24.2 Å². The lowest BCUT2D eigenvalue weighted by molar-refractivity contribution is -0.140. The van der Waals surface area contributed by atoms with E-state index in [0.29, 0.717) is 37.0 Å². The SMILES string of the molecule is CCOc1ccc(C(O)=C2C(=O)C(=O)N(CC3CCCO3)C2c2ccc(C(C)C)cc2)cc1. The highest BCUT2D eigenvalue weighted by atomic mass is 16.5. The second-order valence-corrected chi connectivity index (χ2v) is 8.87. The van der Waals surface area contributed by atoms with Gasteiger partial charge >= 0.3 is 0 Å². The molecule has 2 fully saturated rings. The Labute approximate surface area is 194 Å². The van der Waals surface area contributed by atoms with E-state index in [4.69, 9.17) is 9.47 Å². The standard InChI is InChI=1S/C27H31NO5/c1-4-32-21-13-11-20(12-14-21)25(29)23-24(19-9-7-18(8-10-19)17(2)3)28(27(31)26(23)30)16-22-6-5-15-33-22/h7-14,17,22,24,29H,4-6,15-16H2,1-3H3. The summed E-state index contributed by atoms with van der Waals surface area (Å²) in [6.07, 6.45) is 1.68. The van der Waals surface area contributed by atoms with Gasteiger partial charge in [-0.05, 0) is 61.1 Å². The largest absolute Gasteiger partial charge is 0.507 e. The monoisotopic (exact) mass is 449 g/mol. The number of ether oxygens (including phenoxy) is 2. The van der Waals surface area contributed by atoms with Crippen LogP contribution in [0.15, 0.2) is 54.1 Å². The summed E-state index contributed by atoms with van der Waals surface area (Å²) in [4.78, 5) is 27.8. The average Bonchev–Trinajstić information content (AvgIpc) is 3.42. The van der Waals surface area contributed by atoms with E-state index in [1.165, 1.54) is 5.56 Å². The normalized spacial score (nSPS) is 22.4. The van der Waals surface area contributed by atoms with E-state index in [1.807, 2.05) is 31.2 Å². The van der Waals surface area contributed by atoms with E-state index in [2.05, 4.69) is 13.8 Å². The van der Waals surface area contributed by atoms with Gasteiger partial charge in [-0.3, -0.25) is 9.59 Å². The summed E-state index contributed by atoms with van der Waals surface area (Å²) < 4.78 is 11.2. The van der Waals surface area contributed by atoms with Crippen molar-refractivity contribution >= 4 is 17.4 Å². The van der Waals surface area contributed by atoms with Gasteiger partial charge in [0.15, 0.2) is 0 Å². The van der Waals surface area contributed by atoms with Crippen LogP contribution in [-0.2, 0) is 14.3 Å². The predicted octanol–water partition coefficient (Wildman–Crippen LogP) is 4.81. The highest BCUT2D eigenvalue weighted by molar-refractivity contribution is 6.46. The molecule has 1 amide bonds. The van der Waals surface area contributed by atoms with Gasteiger partial charge in [-0.2, -0.15) is 0 Å². The molecule has 2 aliphatic rings. The van der Waals surface area contributed by atoms with Crippen LogP contribution in [0, 0.1) is 0 Å². The highest BCUT2D eigenvalue weighted by Gasteiger charge is 2.47. The van der Waals surface area contributed by atoms with Gasteiger partial charge in [0, 0.05) is 18.7 Å². The predicted molar refractivity (Wildman–Crippen MR) is 126 cm³/mol. The Balaban J connectivity index is 1.77. The molecule has 0 saturated carbocycles. The number of benzene rings is 2. The molecule has 4 rings (SSSR count). The lowest BCUT2D eigenvalue weighted by Crippen LogP contribution is -2.36. The van der Waals surface area contributed by atoms with E-state index >= 15 is 0 Å². The summed E-state index contributed by atoms with van der Waals surface area (Å²) in [5.41, 5.74) is 2.54. The lowest BCUT2D eigenvalue weighted by atomic mass is 9.93. The molecule has 6 heteroatoms. The smallest absolute Gasteiger partial charge is 0.295 e. The number of rotatable bonds is 7. The number of carbonyl (C=O) groups is 2. The minimum absolute atomic E-state index is 0.105. The van der Waals surface area contributed by atoms with E-state index < -0.39 is 17.7 Å². The number of nitrogens with zero attached hydrogens (tertiary/aromatic N) is 1. The molecule has 2 aliphatic heterocycles. The first-order valence-corrected chi connectivity index (χ1v) is 11.6. The number of hydrogen-bond acceptors (Lipinski definition) is 5. The van der Waals surface area contributed by atoms with Crippen LogP contribution in [0.3, 0.4) is 0 Å². The van der Waals surface area contributed by atoms with E-state index in [1.54, 1.807) is 29.2 Å². The molecule has 2 atom stereocenters. The summed E-state index contributed by atoms with van der Waals surface area (Å²) in [6.45, 7) is 7.64. The number of hydrogen-bond donors (Lipinski definition) is 1. The zero-order chi connectivity index (χ0) is 23.5. The zero-order valence-corrected chi connectivity index (χ0v) is 19.4. The summed E-state index contributed by atoms with van der Waals surface area (Å²) in [6, 6.07) is 14.1. The second kappa shape index (κ2) is 9.79. The molecule has 0 aromatic heterocycles. The second-order valence-electron chi connectivity index (χ2n) is 8.87. The Kier molecular flexibility index (Phi) is 6.84. The molecule has 2 aromatic carbocycles. The number of amides is 1. The lowest BCUT2D eigenvalue weighted by Gasteiger charge is -2.27. The van der Waals surface area contributed by atoms with Crippen molar-refractivity contribution in [3.05, 3.63) is 70.8 Å². The minimum Gasteiger partial charge on any atom is -0.507 e. The van der Waals surface area contributed by atoms with Gasteiger partial charge in [-0.25, -0.2) is 0 Å². The van der Waals surface area contributed by atoms with Gasteiger partial charge in [0.1, 0.15) is 11.5 Å². The van der Waals surface area contributed by atoms with E-state index in [-0.39, 0.29) is 17.4 Å². The molecule has 2 unspecified atom stereocenters. The van der Waals surface area contributed by atoms with Gasteiger partial charge in [0.05, 0.1) is 24.3 Å². The van der Waals surface area contributed by atoms with Crippen molar-refractivity contribution in [3.8, 4) is 5.75 Å². The van der Waals surface area contributed by atoms with Crippen LogP contribution in [0.4, 0.5) is 0 Å². The van der Waals surface area contributed by atoms with Crippen molar-refractivity contribution in [2.75, 3.05) is 19.8 Å². The first-order chi connectivity index (χ1) is 15.9. The molecule has 0 bridgehead atoms. The average molecular weight is 450 g/mol. The first kappa shape index (κ1) is 23.1. The Morgan fingerprint density at radius 1 is 1.12 bits per heavy atom.